The summed E-state index contributed by atoms with van der Waals surface area (Å²) in [7, 11) is 1.88. The number of aromatic nitrogens is 2. The first-order valence-corrected chi connectivity index (χ1v) is 8.78. The molecule has 1 fully saturated rings. The van der Waals surface area contributed by atoms with Crippen LogP contribution in [-0.2, 0) is 11.8 Å². The first kappa shape index (κ1) is 17.8. The Hall–Kier alpha value is -2.05. The number of carbonyl (C=O) groups is 1. The smallest absolute Gasteiger partial charge is 0.229 e. The van der Waals surface area contributed by atoms with Crippen LogP contribution in [0.25, 0.3) is 0 Å². The van der Waals surface area contributed by atoms with Gasteiger partial charge in [-0.05, 0) is 31.5 Å². The van der Waals surface area contributed by atoms with E-state index in [0.29, 0.717) is 23.0 Å². The fourth-order valence-electron chi connectivity index (χ4n) is 3.12. The molecule has 1 saturated heterocycles. The van der Waals surface area contributed by atoms with E-state index in [0.717, 1.165) is 12.1 Å². The number of anilines is 1. The average molecular weight is 363 g/mol. The van der Waals surface area contributed by atoms with Crippen molar-refractivity contribution in [3.8, 4) is 5.75 Å². The number of para-hydroxylation sites is 1. The minimum Gasteiger partial charge on any atom is -0.487 e. The van der Waals surface area contributed by atoms with E-state index >= 15 is 0 Å². The zero-order chi connectivity index (χ0) is 18.0. The van der Waals surface area contributed by atoms with Crippen LogP contribution in [0, 0.1) is 5.92 Å². The molecule has 3 rings (SSSR count). The number of benzene rings is 1. The van der Waals surface area contributed by atoms with Gasteiger partial charge in [-0.1, -0.05) is 17.7 Å². The van der Waals surface area contributed by atoms with Gasteiger partial charge in [-0.2, -0.15) is 5.10 Å². The highest BCUT2D eigenvalue weighted by molar-refractivity contribution is 6.32. The molecule has 25 heavy (non-hydrogen) atoms. The van der Waals surface area contributed by atoms with Crippen molar-refractivity contribution < 1.29 is 9.53 Å². The zero-order valence-corrected chi connectivity index (χ0v) is 15.4. The van der Waals surface area contributed by atoms with Gasteiger partial charge in [0.05, 0.1) is 28.9 Å². The highest BCUT2D eigenvalue weighted by Crippen LogP contribution is 2.35. The number of hydrogen-bond acceptors (Lipinski definition) is 4. The molecule has 0 aliphatic carbocycles. The minimum absolute atomic E-state index is 0.0353. The summed E-state index contributed by atoms with van der Waals surface area (Å²) in [4.78, 5) is 12.9. The maximum absolute atomic E-state index is 12.9. The van der Waals surface area contributed by atoms with Crippen molar-refractivity contribution in [3.63, 3.8) is 0 Å². The fraction of sp³-hybridized carbons (Fsp3) is 0.444. The monoisotopic (exact) mass is 362 g/mol. The number of hydrogen-bond donors (Lipinski definition) is 2. The standard InChI is InChI=1S/C18H23ClN4O2/c1-11(2)25-17-15(19)5-4-6-16(17)22-18(24)14-9-20-8-13(14)12-7-21-23(3)10-12/h4-7,10-11,13-14,20H,8-9H2,1-3H3,(H,22,24)/t13-,14+/m1/s1. The van der Waals surface area contributed by atoms with Gasteiger partial charge in [-0.15, -0.1) is 0 Å². The van der Waals surface area contributed by atoms with E-state index in [4.69, 9.17) is 16.3 Å². The number of amides is 1. The molecule has 2 heterocycles. The van der Waals surface area contributed by atoms with Gasteiger partial charge in [-0.25, -0.2) is 0 Å². The Bertz CT molecular complexity index is 759. The maximum Gasteiger partial charge on any atom is 0.229 e. The first-order valence-electron chi connectivity index (χ1n) is 8.41. The normalized spacial score (nSPS) is 20.0. The van der Waals surface area contributed by atoms with Gasteiger partial charge in [0.1, 0.15) is 0 Å². The van der Waals surface area contributed by atoms with E-state index in [9.17, 15) is 4.79 Å². The first-order chi connectivity index (χ1) is 12.0. The van der Waals surface area contributed by atoms with E-state index in [-0.39, 0.29) is 23.8 Å². The molecule has 1 aromatic carbocycles. The second-order valence-corrected chi connectivity index (χ2v) is 7.00. The maximum atomic E-state index is 12.9. The van der Waals surface area contributed by atoms with Crippen LogP contribution in [0.3, 0.4) is 0 Å². The molecule has 0 spiro atoms. The topological polar surface area (TPSA) is 68.2 Å². The predicted molar refractivity (Wildman–Crippen MR) is 98.2 cm³/mol. The molecule has 1 aliphatic rings. The van der Waals surface area contributed by atoms with Crippen molar-refractivity contribution in [1.82, 2.24) is 15.1 Å². The number of nitrogens with one attached hydrogen (secondary N) is 2. The summed E-state index contributed by atoms with van der Waals surface area (Å²) in [5.41, 5.74) is 1.67. The van der Waals surface area contributed by atoms with Gasteiger partial charge in [-0.3, -0.25) is 9.48 Å². The number of aryl methyl sites for hydroxylation is 1. The van der Waals surface area contributed by atoms with Crippen molar-refractivity contribution in [3.05, 3.63) is 41.2 Å². The van der Waals surface area contributed by atoms with E-state index in [1.807, 2.05) is 39.4 Å². The van der Waals surface area contributed by atoms with Crippen LogP contribution in [-0.4, -0.2) is 34.9 Å². The number of halogens is 1. The van der Waals surface area contributed by atoms with E-state index in [1.54, 1.807) is 16.8 Å². The molecule has 2 aromatic rings. The largest absolute Gasteiger partial charge is 0.487 e. The second-order valence-electron chi connectivity index (χ2n) is 6.59. The Kier molecular flexibility index (Phi) is 5.30. The number of rotatable bonds is 5. The number of nitrogens with zero attached hydrogens (tertiary/aromatic N) is 2. The van der Waals surface area contributed by atoms with Crippen molar-refractivity contribution in [2.45, 2.75) is 25.9 Å². The molecule has 1 amide bonds. The van der Waals surface area contributed by atoms with Gasteiger partial charge in [0, 0.05) is 32.3 Å². The van der Waals surface area contributed by atoms with Crippen molar-refractivity contribution in [2.75, 3.05) is 18.4 Å². The summed E-state index contributed by atoms with van der Waals surface area (Å²) in [6, 6.07) is 5.37. The fourth-order valence-corrected chi connectivity index (χ4v) is 3.34. The molecule has 2 atom stereocenters. The van der Waals surface area contributed by atoms with Gasteiger partial charge in [0.15, 0.2) is 5.75 Å². The highest BCUT2D eigenvalue weighted by atomic mass is 35.5. The lowest BCUT2D eigenvalue weighted by Gasteiger charge is -2.20. The lowest BCUT2D eigenvalue weighted by molar-refractivity contribution is -0.119. The molecule has 0 unspecified atom stereocenters. The van der Waals surface area contributed by atoms with Crippen molar-refractivity contribution in [1.29, 1.82) is 0 Å². The van der Waals surface area contributed by atoms with Crippen LogP contribution in [0.4, 0.5) is 5.69 Å². The summed E-state index contributed by atoms with van der Waals surface area (Å²) in [5, 5.41) is 11.0. The molecule has 7 heteroatoms. The summed E-state index contributed by atoms with van der Waals surface area (Å²) in [5.74, 6) is 0.392. The Balaban J connectivity index is 1.79. The summed E-state index contributed by atoms with van der Waals surface area (Å²) in [6.07, 6.45) is 3.75. The summed E-state index contributed by atoms with van der Waals surface area (Å²) >= 11 is 6.24. The van der Waals surface area contributed by atoms with Crippen LogP contribution in [0.15, 0.2) is 30.6 Å². The van der Waals surface area contributed by atoms with Gasteiger partial charge >= 0.3 is 0 Å². The van der Waals surface area contributed by atoms with E-state index in [2.05, 4.69) is 15.7 Å². The Labute approximate surface area is 152 Å². The zero-order valence-electron chi connectivity index (χ0n) is 14.6. The molecular formula is C18H23ClN4O2. The molecule has 2 N–H and O–H groups in total. The Morgan fingerprint density at radius 2 is 2.24 bits per heavy atom. The van der Waals surface area contributed by atoms with Crippen LogP contribution in [0.2, 0.25) is 5.02 Å². The third-order valence-electron chi connectivity index (χ3n) is 4.28. The van der Waals surface area contributed by atoms with Crippen molar-refractivity contribution >= 4 is 23.2 Å². The number of carbonyl (C=O) groups excluding carboxylic acids is 1. The van der Waals surface area contributed by atoms with Gasteiger partial charge in [0.2, 0.25) is 5.91 Å². The third kappa shape index (κ3) is 3.96. The summed E-state index contributed by atoms with van der Waals surface area (Å²) < 4.78 is 7.54. The lowest BCUT2D eigenvalue weighted by atomic mass is 9.90. The van der Waals surface area contributed by atoms with Crippen LogP contribution in [0.5, 0.6) is 5.75 Å². The van der Waals surface area contributed by atoms with E-state index in [1.165, 1.54) is 0 Å². The molecule has 0 radical (unpaired) electrons. The predicted octanol–water partition coefficient (Wildman–Crippen LogP) is 2.80. The molecular weight excluding hydrogens is 340 g/mol. The minimum atomic E-state index is -0.171. The molecule has 1 aromatic heterocycles. The Morgan fingerprint density at radius 3 is 2.92 bits per heavy atom. The van der Waals surface area contributed by atoms with Gasteiger partial charge in [0.25, 0.3) is 0 Å². The lowest BCUT2D eigenvalue weighted by Crippen LogP contribution is -2.28. The average Bonchev–Trinajstić information content (AvgIpc) is 3.18. The van der Waals surface area contributed by atoms with Crippen LogP contribution < -0.4 is 15.4 Å². The molecule has 6 nitrogen and oxygen atoms in total. The summed E-state index contributed by atoms with van der Waals surface area (Å²) in [6.45, 7) is 5.24. The molecule has 134 valence electrons. The third-order valence-corrected chi connectivity index (χ3v) is 4.58. The molecule has 0 saturated carbocycles. The quantitative estimate of drug-likeness (QED) is 0.858. The highest BCUT2D eigenvalue weighted by Gasteiger charge is 2.35. The van der Waals surface area contributed by atoms with Crippen molar-refractivity contribution in [2.24, 2.45) is 13.0 Å². The molecule has 1 aliphatic heterocycles. The number of ether oxygens (including phenoxy) is 1. The molecule has 0 bridgehead atoms. The van der Waals surface area contributed by atoms with Crippen LogP contribution >= 0.6 is 11.6 Å². The van der Waals surface area contributed by atoms with E-state index < -0.39 is 0 Å². The SMILES string of the molecule is CC(C)Oc1c(Cl)cccc1NC(=O)[C@H]1CNC[C@@H]1c1cnn(C)c1. The van der Waals surface area contributed by atoms with Crippen LogP contribution in [0.1, 0.15) is 25.3 Å². The Morgan fingerprint density at radius 1 is 1.44 bits per heavy atom. The van der Waals surface area contributed by atoms with Gasteiger partial charge < -0.3 is 15.4 Å². The second kappa shape index (κ2) is 7.45.